The Morgan fingerprint density at radius 3 is 2.46 bits per heavy atom. The van der Waals surface area contributed by atoms with Gasteiger partial charge in [0, 0.05) is 19.6 Å². The Labute approximate surface area is 236 Å². The molecule has 6 rings (SSSR count). The fourth-order valence-electron chi connectivity index (χ4n) is 9.13. The van der Waals surface area contributed by atoms with Crippen molar-refractivity contribution in [1.29, 1.82) is 0 Å². The second-order valence-electron chi connectivity index (χ2n) is 13.5. The summed E-state index contributed by atoms with van der Waals surface area (Å²) in [6, 6.07) is 6.99. The van der Waals surface area contributed by atoms with Crippen LogP contribution in [0.4, 0.5) is 0 Å². The van der Waals surface area contributed by atoms with Crippen molar-refractivity contribution in [2.45, 2.75) is 134 Å². The number of benzene rings is 1. The fourth-order valence-corrected chi connectivity index (χ4v) is 9.13. The quantitative estimate of drug-likeness (QED) is 0.311. The molecule has 3 aliphatic carbocycles. The van der Waals surface area contributed by atoms with Crippen molar-refractivity contribution < 1.29 is 24.1 Å². The Balaban J connectivity index is 1.21. The molecule has 5 nitrogen and oxygen atoms in total. The van der Waals surface area contributed by atoms with E-state index in [9.17, 15) is 5.11 Å². The summed E-state index contributed by atoms with van der Waals surface area (Å²) in [5, 5.41) is 9.25. The van der Waals surface area contributed by atoms with E-state index in [4.69, 9.17) is 18.9 Å². The molecule has 1 aromatic rings. The summed E-state index contributed by atoms with van der Waals surface area (Å²) in [7, 11) is 0. The second kappa shape index (κ2) is 12.8. The normalized spacial score (nSPS) is 38.1. The summed E-state index contributed by atoms with van der Waals surface area (Å²) in [6.07, 6.45) is 19.1. The number of hydrogen-bond acceptors (Lipinski definition) is 5. The van der Waals surface area contributed by atoms with Crippen LogP contribution < -0.4 is 4.74 Å². The summed E-state index contributed by atoms with van der Waals surface area (Å²) in [5.74, 6) is 3.82. The molecule has 2 saturated carbocycles. The van der Waals surface area contributed by atoms with Gasteiger partial charge in [-0.1, -0.05) is 32.3 Å². The van der Waals surface area contributed by atoms with Gasteiger partial charge in [0.25, 0.3) is 0 Å². The zero-order valence-corrected chi connectivity index (χ0v) is 24.3. The summed E-state index contributed by atoms with van der Waals surface area (Å²) in [6.45, 7) is 4.55. The summed E-state index contributed by atoms with van der Waals surface area (Å²) >= 11 is 0. The fraction of sp³-hybridized carbons (Fsp3) is 0.824. The van der Waals surface area contributed by atoms with E-state index in [-0.39, 0.29) is 18.0 Å². The van der Waals surface area contributed by atoms with Gasteiger partial charge < -0.3 is 24.1 Å². The molecule has 0 amide bonds. The lowest BCUT2D eigenvalue weighted by atomic mass is 9.52. The van der Waals surface area contributed by atoms with Crippen molar-refractivity contribution in [1.82, 2.24) is 0 Å². The highest BCUT2D eigenvalue weighted by atomic mass is 16.7. The molecule has 0 bridgehead atoms. The second-order valence-corrected chi connectivity index (χ2v) is 13.5. The third kappa shape index (κ3) is 6.08. The smallest absolute Gasteiger partial charge is 0.199 e. The van der Waals surface area contributed by atoms with Gasteiger partial charge in [-0.05, 0) is 129 Å². The zero-order chi connectivity index (χ0) is 26.7. The molecule has 218 valence electrons. The van der Waals surface area contributed by atoms with E-state index in [2.05, 4.69) is 25.1 Å². The first kappa shape index (κ1) is 28.0. The lowest BCUT2D eigenvalue weighted by Gasteiger charge is -2.54. The number of rotatable bonds is 10. The topological polar surface area (TPSA) is 57.2 Å². The first-order valence-electron chi connectivity index (χ1n) is 16.4. The van der Waals surface area contributed by atoms with Gasteiger partial charge in [-0.3, -0.25) is 0 Å². The summed E-state index contributed by atoms with van der Waals surface area (Å²) in [4.78, 5) is 0. The predicted octanol–water partition coefficient (Wildman–Crippen LogP) is 7.53. The molecular weight excluding hydrogens is 488 g/mol. The maximum atomic E-state index is 9.25. The Kier molecular flexibility index (Phi) is 9.19. The minimum atomic E-state index is -0.0885. The van der Waals surface area contributed by atoms with Crippen LogP contribution in [0, 0.1) is 23.2 Å². The highest BCUT2D eigenvalue weighted by Crippen LogP contribution is 2.63. The third-order valence-corrected chi connectivity index (χ3v) is 11.1. The van der Waals surface area contributed by atoms with Gasteiger partial charge in [0.1, 0.15) is 5.75 Å². The molecule has 2 heterocycles. The number of aliphatic hydroxyl groups is 1. The van der Waals surface area contributed by atoms with Gasteiger partial charge in [0.05, 0.1) is 12.7 Å². The molecule has 4 fully saturated rings. The van der Waals surface area contributed by atoms with Crippen LogP contribution in [-0.4, -0.2) is 43.6 Å². The molecule has 2 aliphatic heterocycles. The van der Waals surface area contributed by atoms with Crippen LogP contribution in [-0.2, 0) is 20.6 Å². The van der Waals surface area contributed by atoms with E-state index in [0.29, 0.717) is 24.5 Å². The van der Waals surface area contributed by atoms with Crippen LogP contribution in [0.1, 0.15) is 120 Å². The van der Waals surface area contributed by atoms with Crippen LogP contribution in [0.15, 0.2) is 18.2 Å². The molecular formula is C34H52O5. The highest BCUT2D eigenvalue weighted by molar-refractivity contribution is 5.41. The van der Waals surface area contributed by atoms with Gasteiger partial charge in [-0.25, -0.2) is 0 Å². The summed E-state index contributed by atoms with van der Waals surface area (Å²) < 4.78 is 25.0. The van der Waals surface area contributed by atoms with Crippen molar-refractivity contribution >= 4 is 0 Å². The number of aliphatic hydroxyl groups excluding tert-OH is 1. The van der Waals surface area contributed by atoms with Crippen molar-refractivity contribution in [2.24, 2.45) is 23.2 Å². The van der Waals surface area contributed by atoms with Crippen molar-refractivity contribution in [3.63, 3.8) is 0 Å². The third-order valence-electron chi connectivity index (χ3n) is 11.1. The SMILES string of the molecule is C[C@]12CC[C@@H]3c4ccc(OC5CCCCO5)cc4C[C@@H](CCCCCCO)[C@H]3[C@@H]1CCC2OC1CCCCO1. The first-order chi connectivity index (χ1) is 19.2. The average Bonchev–Trinajstić information content (AvgIpc) is 3.29. The molecule has 39 heavy (non-hydrogen) atoms. The Morgan fingerprint density at radius 1 is 0.897 bits per heavy atom. The highest BCUT2D eigenvalue weighted by Gasteiger charge is 2.57. The molecule has 5 heteroatoms. The summed E-state index contributed by atoms with van der Waals surface area (Å²) in [5.41, 5.74) is 3.38. The van der Waals surface area contributed by atoms with Crippen molar-refractivity contribution in [3.8, 4) is 5.75 Å². The van der Waals surface area contributed by atoms with Crippen LogP contribution in [0.5, 0.6) is 5.75 Å². The Hall–Kier alpha value is -1.14. The zero-order valence-electron chi connectivity index (χ0n) is 24.3. The maximum Gasteiger partial charge on any atom is 0.199 e. The largest absolute Gasteiger partial charge is 0.465 e. The number of ether oxygens (including phenoxy) is 4. The van der Waals surface area contributed by atoms with Gasteiger partial charge in [0.15, 0.2) is 12.6 Å². The average molecular weight is 541 g/mol. The maximum absolute atomic E-state index is 9.25. The van der Waals surface area contributed by atoms with Gasteiger partial charge in [-0.15, -0.1) is 0 Å². The van der Waals surface area contributed by atoms with Gasteiger partial charge in [-0.2, -0.15) is 0 Å². The molecule has 3 unspecified atom stereocenters. The van der Waals surface area contributed by atoms with Crippen LogP contribution in [0.3, 0.4) is 0 Å². The lowest BCUT2D eigenvalue weighted by Crippen LogP contribution is -2.48. The monoisotopic (exact) mass is 540 g/mol. The molecule has 0 radical (unpaired) electrons. The minimum Gasteiger partial charge on any atom is -0.465 e. The van der Waals surface area contributed by atoms with E-state index in [0.717, 1.165) is 62.9 Å². The predicted molar refractivity (Wildman–Crippen MR) is 153 cm³/mol. The Morgan fingerprint density at radius 2 is 1.69 bits per heavy atom. The van der Waals surface area contributed by atoms with Crippen LogP contribution >= 0.6 is 0 Å². The van der Waals surface area contributed by atoms with Crippen LogP contribution in [0.2, 0.25) is 0 Å². The van der Waals surface area contributed by atoms with E-state index in [1.165, 1.54) is 76.2 Å². The molecule has 8 atom stereocenters. The molecule has 0 aromatic heterocycles. The lowest BCUT2D eigenvalue weighted by molar-refractivity contribution is -0.213. The van der Waals surface area contributed by atoms with E-state index in [1.54, 1.807) is 5.56 Å². The molecule has 0 spiro atoms. The van der Waals surface area contributed by atoms with Gasteiger partial charge >= 0.3 is 0 Å². The number of hydrogen-bond donors (Lipinski definition) is 1. The Bertz CT molecular complexity index is 922. The van der Waals surface area contributed by atoms with Crippen molar-refractivity contribution in [2.75, 3.05) is 19.8 Å². The standard InChI is InChI=1S/C34H52O5/c1-34-18-17-28-27-14-13-26(38-31-11-5-8-20-36-31)23-25(27)22-24(10-4-2-3-7-19-35)33(28)29(34)15-16-30(34)39-32-12-6-9-21-37-32/h13-14,23-24,28-33,35H,2-12,15-22H2,1H3/t24-,28-,29+,30?,31?,32?,33-,34+/m1/s1. The van der Waals surface area contributed by atoms with Crippen LogP contribution in [0.25, 0.3) is 0 Å². The van der Waals surface area contributed by atoms with E-state index < -0.39 is 0 Å². The minimum absolute atomic E-state index is 0.0121. The van der Waals surface area contributed by atoms with Gasteiger partial charge in [0.2, 0.25) is 0 Å². The first-order valence-corrected chi connectivity index (χ1v) is 16.4. The molecule has 2 saturated heterocycles. The number of unbranched alkanes of at least 4 members (excludes halogenated alkanes) is 3. The van der Waals surface area contributed by atoms with E-state index in [1.807, 2.05) is 0 Å². The molecule has 5 aliphatic rings. The van der Waals surface area contributed by atoms with Crippen molar-refractivity contribution in [3.05, 3.63) is 29.3 Å². The van der Waals surface area contributed by atoms with E-state index >= 15 is 0 Å². The number of fused-ring (bicyclic) bond motifs is 5. The molecule has 1 aromatic carbocycles. The molecule has 1 N–H and O–H groups in total.